The summed E-state index contributed by atoms with van der Waals surface area (Å²) in [6, 6.07) is 3.87. The third-order valence-corrected chi connectivity index (χ3v) is 2.45. The summed E-state index contributed by atoms with van der Waals surface area (Å²) in [6.45, 7) is 4.19. The molecule has 1 aliphatic rings. The quantitative estimate of drug-likeness (QED) is 0.756. The Kier molecular flexibility index (Phi) is 2.59. The van der Waals surface area contributed by atoms with Crippen LogP contribution in [0.2, 0.25) is 0 Å². The summed E-state index contributed by atoms with van der Waals surface area (Å²) in [6.07, 6.45) is 4.32. The van der Waals surface area contributed by atoms with Gasteiger partial charge in [0.2, 0.25) is 0 Å². The zero-order chi connectivity index (χ0) is 10.8. The first kappa shape index (κ1) is 9.97. The lowest BCUT2D eigenvalue weighted by Crippen LogP contribution is -2.02. The number of pyridine rings is 1. The lowest BCUT2D eigenvalue weighted by atomic mass is 10.0. The van der Waals surface area contributed by atoms with Crippen molar-refractivity contribution in [2.24, 2.45) is 0 Å². The lowest BCUT2D eigenvalue weighted by molar-refractivity contribution is 0.297. The van der Waals surface area contributed by atoms with E-state index in [1.54, 1.807) is 6.20 Å². The maximum Gasteiger partial charge on any atom is 0.141 e. The van der Waals surface area contributed by atoms with Crippen LogP contribution in [0.1, 0.15) is 43.9 Å². The number of hydrogen-bond donors (Lipinski definition) is 0. The Bertz CT molecular complexity index is 403. The predicted molar refractivity (Wildman–Crippen MR) is 56.7 cm³/mol. The highest BCUT2D eigenvalue weighted by Gasteiger charge is 2.25. The minimum absolute atomic E-state index is 0.355. The average molecular weight is 202 g/mol. The number of ether oxygens (including phenoxy) is 1. The van der Waals surface area contributed by atoms with Crippen molar-refractivity contribution in [2.45, 2.75) is 38.7 Å². The summed E-state index contributed by atoms with van der Waals surface area (Å²) in [5, 5.41) is 8.78. The van der Waals surface area contributed by atoms with Crippen LogP contribution in [0.5, 0.6) is 5.75 Å². The second kappa shape index (κ2) is 3.90. The molecule has 1 heterocycles. The second-order valence-electron chi connectivity index (χ2n) is 4.19. The van der Waals surface area contributed by atoms with E-state index in [0.29, 0.717) is 17.7 Å². The molecule has 3 heteroatoms. The molecule has 1 aromatic rings. The molecule has 0 spiro atoms. The molecule has 3 nitrogen and oxygen atoms in total. The second-order valence-corrected chi connectivity index (χ2v) is 4.19. The van der Waals surface area contributed by atoms with Crippen molar-refractivity contribution in [2.75, 3.05) is 0 Å². The number of nitriles is 1. The van der Waals surface area contributed by atoms with Crippen molar-refractivity contribution in [1.29, 1.82) is 5.26 Å². The molecule has 1 fully saturated rings. The Morgan fingerprint density at radius 1 is 1.53 bits per heavy atom. The van der Waals surface area contributed by atoms with Gasteiger partial charge in [0.25, 0.3) is 0 Å². The summed E-state index contributed by atoms with van der Waals surface area (Å²) < 4.78 is 5.75. The van der Waals surface area contributed by atoms with E-state index in [1.807, 2.05) is 6.07 Å². The van der Waals surface area contributed by atoms with Gasteiger partial charge in [0, 0.05) is 5.56 Å². The van der Waals surface area contributed by atoms with Crippen LogP contribution in [0.3, 0.4) is 0 Å². The molecule has 2 rings (SSSR count). The van der Waals surface area contributed by atoms with Crippen molar-refractivity contribution in [3.05, 3.63) is 23.5 Å². The van der Waals surface area contributed by atoms with Crippen LogP contribution in [-0.4, -0.2) is 11.1 Å². The summed E-state index contributed by atoms with van der Waals surface area (Å²) in [5.41, 5.74) is 1.54. The zero-order valence-corrected chi connectivity index (χ0v) is 9.03. The molecular formula is C12H14N2O. The summed E-state index contributed by atoms with van der Waals surface area (Å²) in [5.74, 6) is 1.19. The van der Waals surface area contributed by atoms with Crippen LogP contribution in [0.15, 0.2) is 12.3 Å². The van der Waals surface area contributed by atoms with Gasteiger partial charge in [0.1, 0.15) is 17.5 Å². The van der Waals surface area contributed by atoms with Gasteiger partial charge < -0.3 is 4.74 Å². The van der Waals surface area contributed by atoms with Gasteiger partial charge in [-0.2, -0.15) is 5.26 Å². The van der Waals surface area contributed by atoms with Crippen LogP contribution in [0.4, 0.5) is 0 Å². The molecule has 78 valence electrons. The van der Waals surface area contributed by atoms with Crippen LogP contribution in [0, 0.1) is 11.3 Å². The highest BCUT2D eigenvalue weighted by Crippen LogP contribution is 2.32. The molecule has 0 unspecified atom stereocenters. The first-order valence-corrected chi connectivity index (χ1v) is 5.27. The number of nitrogens with zero attached hydrogens (tertiary/aromatic N) is 2. The van der Waals surface area contributed by atoms with E-state index < -0.39 is 0 Å². The van der Waals surface area contributed by atoms with E-state index in [4.69, 9.17) is 10.00 Å². The largest absolute Gasteiger partial charge is 0.489 e. The first-order valence-electron chi connectivity index (χ1n) is 5.27. The maximum absolute atomic E-state index is 8.78. The third-order valence-electron chi connectivity index (χ3n) is 2.45. The van der Waals surface area contributed by atoms with Gasteiger partial charge in [-0.3, -0.25) is 0 Å². The monoisotopic (exact) mass is 202 g/mol. The predicted octanol–water partition coefficient (Wildman–Crippen LogP) is 2.62. The normalized spacial score (nSPS) is 15.1. The molecule has 1 saturated carbocycles. The SMILES string of the molecule is CC(C)c1cc(C#N)ncc1OC1CC1. The highest BCUT2D eigenvalue weighted by atomic mass is 16.5. The summed E-state index contributed by atoms with van der Waals surface area (Å²) in [4.78, 5) is 4.03. The molecule has 0 atom stereocenters. The van der Waals surface area contributed by atoms with Crippen LogP contribution in [-0.2, 0) is 0 Å². The van der Waals surface area contributed by atoms with Gasteiger partial charge in [-0.15, -0.1) is 0 Å². The van der Waals surface area contributed by atoms with E-state index in [9.17, 15) is 0 Å². The van der Waals surface area contributed by atoms with Crippen molar-refractivity contribution in [3.8, 4) is 11.8 Å². The topological polar surface area (TPSA) is 45.9 Å². The van der Waals surface area contributed by atoms with Crippen molar-refractivity contribution in [3.63, 3.8) is 0 Å². The van der Waals surface area contributed by atoms with Crippen molar-refractivity contribution in [1.82, 2.24) is 4.98 Å². The Labute approximate surface area is 89.7 Å². The van der Waals surface area contributed by atoms with Crippen molar-refractivity contribution < 1.29 is 4.74 Å². The third kappa shape index (κ3) is 2.27. The van der Waals surface area contributed by atoms with Gasteiger partial charge in [0.15, 0.2) is 0 Å². The fourth-order valence-corrected chi connectivity index (χ4v) is 1.43. The Morgan fingerprint density at radius 2 is 2.27 bits per heavy atom. The molecule has 0 radical (unpaired) electrons. The van der Waals surface area contributed by atoms with E-state index in [0.717, 1.165) is 24.2 Å². The number of aromatic nitrogens is 1. The summed E-state index contributed by atoms with van der Waals surface area (Å²) in [7, 11) is 0. The van der Waals surface area contributed by atoms with Crippen LogP contribution < -0.4 is 4.74 Å². The smallest absolute Gasteiger partial charge is 0.141 e. The van der Waals surface area contributed by atoms with E-state index in [2.05, 4.69) is 24.9 Å². The Balaban J connectivity index is 2.30. The molecule has 0 aliphatic heterocycles. The van der Waals surface area contributed by atoms with Crippen LogP contribution >= 0.6 is 0 Å². The van der Waals surface area contributed by atoms with Gasteiger partial charge >= 0.3 is 0 Å². The van der Waals surface area contributed by atoms with E-state index >= 15 is 0 Å². The molecule has 0 N–H and O–H groups in total. The molecule has 15 heavy (non-hydrogen) atoms. The highest BCUT2D eigenvalue weighted by molar-refractivity contribution is 5.38. The molecule has 0 saturated heterocycles. The van der Waals surface area contributed by atoms with Gasteiger partial charge in [-0.1, -0.05) is 13.8 Å². The fraction of sp³-hybridized carbons (Fsp3) is 0.500. The maximum atomic E-state index is 8.78. The minimum atomic E-state index is 0.355. The van der Waals surface area contributed by atoms with Gasteiger partial charge in [0.05, 0.1) is 12.3 Å². The molecule has 1 aliphatic carbocycles. The molecular weight excluding hydrogens is 188 g/mol. The fourth-order valence-electron chi connectivity index (χ4n) is 1.43. The number of rotatable bonds is 3. The molecule has 0 amide bonds. The van der Waals surface area contributed by atoms with Gasteiger partial charge in [-0.05, 0) is 24.8 Å². The summed E-state index contributed by atoms with van der Waals surface area (Å²) >= 11 is 0. The molecule has 1 aromatic heterocycles. The van der Waals surface area contributed by atoms with E-state index in [-0.39, 0.29) is 0 Å². The Morgan fingerprint density at radius 3 is 2.80 bits per heavy atom. The van der Waals surface area contributed by atoms with Crippen LogP contribution in [0.25, 0.3) is 0 Å². The lowest BCUT2D eigenvalue weighted by Gasteiger charge is -2.13. The molecule has 0 aromatic carbocycles. The van der Waals surface area contributed by atoms with Gasteiger partial charge in [-0.25, -0.2) is 4.98 Å². The van der Waals surface area contributed by atoms with E-state index in [1.165, 1.54) is 0 Å². The van der Waals surface area contributed by atoms with Crippen molar-refractivity contribution >= 4 is 0 Å². The zero-order valence-electron chi connectivity index (χ0n) is 9.03. The standard InChI is InChI=1S/C12H14N2O/c1-8(2)11-5-9(6-13)14-7-12(11)15-10-3-4-10/h5,7-8,10H,3-4H2,1-2H3. The average Bonchev–Trinajstić information content (AvgIpc) is 3.02. The number of hydrogen-bond acceptors (Lipinski definition) is 3. The first-order chi connectivity index (χ1) is 7.20. The minimum Gasteiger partial charge on any atom is -0.489 e. The Hall–Kier alpha value is -1.56. The molecule has 0 bridgehead atoms.